The van der Waals surface area contributed by atoms with Crippen LogP contribution in [0.4, 0.5) is 5.69 Å². The summed E-state index contributed by atoms with van der Waals surface area (Å²) in [5.74, 6) is 0.0451. The molecule has 1 atom stereocenters. The second-order valence-electron chi connectivity index (χ2n) is 5.69. The van der Waals surface area contributed by atoms with Crippen molar-refractivity contribution < 1.29 is 4.79 Å². The van der Waals surface area contributed by atoms with Gasteiger partial charge in [0.25, 0.3) is 0 Å². The number of benzene rings is 1. The Kier molecular flexibility index (Phi) is 6.76. The number of pyridine rings is 1. The molecule has 4 heteroatoms. The molecule has 0 radical (unpaired) electrons. The lowest BCUT2D eigenvalue weighted by Gasteiger charge is -2.15. The summed E-state index contributed by atoms with van der Waals surface area (Å²) >= 11 is 0. The van der Waals surface area contributed by atoms with Gasteiger partial charge in [0, 0.05) is 43.0 Å². The summed E-state index contributed by atoms with van der Waals surface area (Å²) < 4.78 is 0. The summed E-state index contributed by atoms with van der Waals surface area (Å²) in [5, 5.41) is 6.38. The molecule has 23 heavy (non-hydrogen) atoms. The first-order chi connectivity index (χ1) is 11.2. The molecule has 0 spiro atoms. The molecule has 0 unspecified atom stereocenters. The number of aromatic nitrogens is 1. The summed E-state index contributed by atoms with van der Waals surface area (Å²) in [5.41, 5.74) is 3.14. The first-order valence-electron chi connectivity index (χ1n) is 8.20. The first-order valence-corrected chi connectivity index (χ1v) is 8.20. The van der Waals surface area contributed by atoms with E-state index in [-0.39, 0.29) is 11.9 Å². The highest BCUT2D eigenvalue weighted by Crippen LogP contribution is 2.15. The van der Waals surface area contributed by atoms with E-state index in [1.165, 1.54) is 0 Å². The standard InChI is InChI=1S/C19H25N3O/c1-3-16-8-4-5-10-18(16)22-19(23)14-15(2)20-13-11-17-9-6-7-12-21-17/h4-10,12,15,20H,3,11,13-14H2,1-2H3,(H,22,23)/t15-/m0/s1. The summed E-state index contributed by atoms with van der Waals surface area (Å²) in [6.07, 6.45) is 4.04. The Morgan fingerprint density at radius 2 is 1.96 bits per heavy atom. The molecule has 0 aliphatic carbocycles. The van der Waals surface area contributed by atoms with E-state index in [0.717, 1.165) is 36.3 Å². The Morgan fingerprint density at radius 3 is 2.70 bits per heavy atom. The highest BCUT2D eigenvalue weighted by Gasteiger charge is 2.10. The van der Waals surface area contributed by atoms with Crippen molar-refractivity contribution in [3.63, 3.8) is 0 Å². The molecular formula is C19H25N3O. The smallest absolute Gasteiger partial charge is 0.225 e. The van der Waals surface area contributed by atoms with Gasteiger partial charge >= 0.3 is 0 Å². The third kappa shape index (κ3) is 5.83. The number of nitrogens with one attached hydrogen (secondary N) is 2. The van der Waals surface area contributed by atoms with E-state index in [4.69, 9.17) is 0 Å². The largest absolute Gasteiger partial charge is 0.326 e. The van der Waals surface area contributed by atoms with Gasteiger partial charge in [-0.15, -0.1) is 0 Å². The average molecular weight is 311 g/mol. The maximum atomic E-state index is 12.2. The van der Waals surface area contributed by atoms with E-state index in [0.29, 0.717) is 6.42 Å². The number of hydrogen-bond donors (Lipinski definition) is 2. The van der Waals surface area contributed by atoms with Crippen LogP contribution in [0.3, 0.4) is 0 Å². The Labute approximate surface area is 138 Å². The molecule has 0 bridgehead atoms. The van der Waals surface area contributed by atoms with E-state index in [1.54, 1.807) is 6.20 Å². The molecule has 0 aliphatic rings. The van der Waals surface area contributed by atoms with Crippen molar-refractivity contribution in [2.24, 2.45) is 0 Å². The Hall–Kier alpha value is -2.20. The predicted molar refractivity (Wildman–Crippen MR) is 94.5 cm³/mol. The minimum absolute atomic E-state index is 0.0451. The van der Waals surface area contributed by atoms with Crippen LogP contribution in [0.2, 0.25) is 0 Å². The predicted octanol–water partition coefficient (Wildman–Crippen LogP) is 3.19. The highest BCUT2D eigenvalue weighted by molar-refractivity contribution is 5.91. The number of anilines is 1. The minimum atomic E-state index is 0.0451. The summed E-state index contributed by atoms with van der Waals surface area (Å²) in [6.45, 7) is 4.94. The van der Waals surface area contributed by atoms with Crippen molar-refractivity contribution in [2.45, 2.75) is 39.2 Å². The molecule has 2 rings (SSSR count). The number of amides is 1. The maximum absolute atomic E-state index is 12.2. The molecule has 122 valence electrons. The van der Waals surface area contributed by atoms with E-state index in [2.05, 4.69) is 22.5 Å². The third-order valence-corrected chi connectivity index (χ3v) is 3.76. The van der Waals surface area contributed by atoms with Crippen LogP contribution in [-0.4, -0.2) is 23.5 Å². The number of para-hydroxylation sites is 1. The molecule has 0 saturated carbocycles. The second kappa shape index (κ2) is 9.06. The molecule has 1 heterocycles. The van der Waals surface area contributed by atoms with Gasteiger partial charge < -0.3 is 10.6 Å². The lowest BCUT2D eigenvalue weighted by molar-refractivity contribution is -0.116. The van der Waals surface area contributed by atoms with Crippen molar-refractivity contribution in [1.82, 2.24) is 10.3 Å². The number of nitrogens with zero attached hydrogens (tertiary/aromatic N) is 1. The zero-order valence-corrected chi connectivity index (χ0v) is 13.9. The fraction of sp³-hybridized carbons (Fsp3) is 0.368. The molecule has 1 aromatic carbocycles. The summed E-state index contributed by atoms with van der Waals surface area (Å²) in [4.78, 5) is 16.5. The summed E-state index contributed by atoms with van der Waals surface area (Å²) in [6, 6.07) is 14.0. The van der Waals surface area contributed by atoms with Gasteiger partial charge in [-0.3, -0.25) is 9.78 Å². The van der Waals surface area contributed by atoms with Gasteiger partial charge in [0.05, 0.1) is 0 Å². The molecule has 2 aromatic rings. The Bertz CT molecular complexity index is 613. The number of aryl methyl sites for hydroxylation is 1. The fourth-order valence-corrected chi connectivity index (χ4v) is 2.49. The third-order valence-electron chi connectivity index (χ3n) is 3.76. The monoisotopic (exact) mass is 311 g/mol. The number of rotatable bonds is 8. The van der Waals surface area contributed by atoms with Gasteiger partial charge in [-0.2, -0.15) is 0 Å². The van der Waals surface area contributed by atoms with Gasteiger partial charge in [-0.1, -0.05) is 31.2 Å². The molecule has 0 fully saturated rings. The lowest BCUT2D eigenvalue weighted by atomic mass is 10.1. The van der Waals surface area contributed by atoms with Crippen molar-refractivity contribution in [2.75, 3.05) is 11.9 Å². The molecule has 1 amide bonds. The van der Waals surface area contributed by atoms with Crippen LogP contribution >= 0.6 is 0 Å². The number of carbonyl (C=O) groups is 1. The van der Waals surface area contributed by atoms with Crippen LogP contribution in [0.1, 0.15) is 31.5 Å². The van der Waals surface area contributed by atoms with E-state index < -0.39 is 0 Å². The van der Waals surface area contributed by atoms with Crippen LogP contribution in [0.25, 0.3) is 0 Å². The molecule has 1 aromatic heterocycles. The maximum Gasteiger partial charge on any atom is 0.225 e. The zero-order chi connectivity index (χ0) is 16.5. The van der Waals surface area contributed by atoms with E-state index >= 15 is 0 Å². The topological polar surface area (TPSA) is 54.0 Å². The second-order valence-corrected chi connectivity index (χ2v) is 5.69. The van der Waals surface area contributed by atoms with Crippen molar-refractivity contribution >= 4 is 11.6 Å². The van der Waals surface area contributed by atoms with Crippen LogP contribution in [0, 0.1) is 0 Å². The van der Waals surface area contributed by atoms with E-state index in [9.17, 15) is 4.79 Å². The number of carbonyl (C=O) groups excluding carboxylic acids is 1. The quantitative estimate of drug-likeness (QED) is 0.787. The molecule has 4 nitrogen and oxygen atoms in total. The van der Waals surface area contributed by atoms with Crippen LogP contribution < -0.4 is 10.6 Å². The normalized spacial score (nSPS) is 11.9. The average Bonchev–Trinajstić information content (AvgIpc) is 2.56. The summed E-state index contributed by atoms with van der Waals surface area (Å²) in [7, 11) is 0. The fourth-order valence-electron chi connectivity index (χ4n) is 2.49. The van der Waals surface area contributed by atoms with E-state index in [1.807, 2.05) is 49.4 Å². The molecule has 0 aliphatic heterocycles. The van der Waals surface area contributed by atoms with Crippen molar-refractivity contribution in [3.8, 4) is 0 Å². The van der Waals surface area contributed by atoms with Gasteiger partial charge in [-0.05, 0) is 37.1 Å². The molecule has 2 N–H and O–H groups in total. The van der Waals surface area contributed by atoms with Crippen LogP contribution in [-0.2, 0) is 17.6 Å². The SMILES string of the molecule is CCc1ccccc1NC(=O)C[C@H](C)NCCc1ccccn1. The number of hydrogen-bond acceptors (Lipinski definition) is 3. The minimum Gasteiger partial charge on any atom is -0.326 e. The Morgan fingerprint density at radius 1 is 1.17 bits per heavy atom. The van der Waals surface area contributed by atoms with Gasteiger partial charge in [-0.25, -0.2) is 0 Å². The van der Waals surface area contributed by atoms with Gasteiger partial charge in [0.1, 0.15) is 0 Å². The van der Waals surface area contributed by atoms with Crippen LogP contribution in [0.5, 0.6) is 0 Å². The zero-order valence-electron chi connectivity index (χ0n) is 13.9. The first kappa shape index (κ1) is 17.2. The lowest BCUT2D eigenvalue weighted by Crippen LogP contribution is -2.32. The van der Waals surface area contributed by atoms with Crippen LogP contribution in [0.15, 0.2) is 48.7 Å². The molecular weight excluding hydrogens is 286 g/mol. The Balaban J connectivity index is 1.74. The van der Waals surface area contributed by atoms with Gasteiger partial charge in [0.15, 0.2) is 0 Å². The van der Waals surface area contributed by atoms with Gasteiger partial charge in [0.2, 0.25) is 5.91 Å². The van der Waals surface area contributed by atoms with Crippen molar-refractivity contribution in [3.05, 3.63) is 59.9 Å². The molecule has 0 saturated heterocycles. The van der Waals surface area contributed by atoms with Crippen molar-refractivity contribution in [1.29, 1.82) is 0 Å². The highest BCUT2D eigenvalue weighted by atomic mass is 16.1.